The normalized spacial score (nSPS) is 15.7. The van der Waals surface area contributed by atoms with Crippen LogP contribution in [0.25, 0.3) is 0 Å². The molecular formula is C23H24N4O4S. The zero-order chi connectivity index (χ0) is 22.5. The van der Waals surface area contributed by atoms with Gasteiger partial charge in [0.25, 0.3) is 5.91 Å². The van der Waals surface area contributed by atoms with Crippen molar-refractivity contribution in [1.29, 1.82) is 0 Å². The lowest BCUT2D eigenvalue weighted by Crippen LogP contribution is -2.39. The zero-order valence-electron chi connectivity index (χ0n) is 17.9. The third kappa shape index (κ3) is 5.06. The van der Waals surface area contributed by atoms with Gasteiger partial charge in [-0.05, 0) is 42.8 Å². The van der Waals surface area contributed by atoms with E-state index >= 15 is 0 Å². The Bertz CT molecular complexity index is 1100. The fourth-order valence-electron chi connectivity index (χ4n) is 3.54. The second kappa shape index (κ2) is 9.80. The van der Waals surface area contributed by atoms with Gasteiger partial charge in [-0.15, -0.1) is 11.3 Å². The molecule has 3 aromatic rings. The highest BCUT2D eigenvalue weighted by Gasteiger charge is 2.35. The van der Waals surface area contributed by atoms with Crippen molar-refractivity contribution in [2.24, 2.45) is 5.10 Å². The highest BCUT2D eigenvalue weighted by atomic mass is 32.1. The molecule has 2 amide bonds. The highest BCUT2D eigenvalue weighted by Crippen LogP contribution is 2.35. The van der Waals surface area contributed by atoms with E-state index in [-0.39, 0.29) is 30.9 Å². The predicted molar refractivity (Wildman–Crippen MR) is 123 cm³/mol. The molecule has 0 saturated heterocycles. The molecule has 0 spiro atoms. The van der Waals surface area contributed by atoms with Crippen molar-refractivity contribution in [3.05, 3.63) is 70.8 Å². The van der Waals surface area contributed by atoms with Gasteiger partial charge in [0.05, 0.1) is 32.5 Å². The lowest BCUT2D eigenvalue weighted by atomic mass is 10.1. The Hall–Kier alpha value is -3.43. The van der Waals surface area contributed by atoms with Crippen molar-refractivity contribution in [3.8, 4) is 5.75 Å². The minimum atomic E-state index is -0.218. The number of likely N-dealkylation sites (N-methyl/N-ethyl adjacent to an activating group) is 1. The average molecular weight is 453 g/mol. The summed E-state index contributed by atoms with van der Waals surface area (Å²) in [5.41, 5.74) is 1.37. The number of ether oxygens (including phenoxy) is 1. The molecule has 0 bridgehead atoms. The van der Waals surface area contributed by atoms with Crippen molar-refractivity contribution in [3.63, 3.8) is 0 Å². The van der Waals surface area contributed by atoms with Crippen molar-refractivity contribution >= 4 is 34.6 Å². The number of hydrogen-bond acceptors (Lipinski definition) is 7. The number of hydrogen-bond donors (Lipinski definition) is 1. The number of anilines is 1. The summed E-state index contributed by atoms with van der Waals surface area (Å²) in [4.78, 5) is 28.3. The van der Waals surface area contributed by atoms with E-state index in [1.807, 2.05) is 23.6 Å². The standard InChI is InChI=1S/C23H24N4O4S/c1-26(14-22(28)24-16-6-3-7-17(12-16)30-2)15-23(29)27-19(21-9-5-11-32-21)13-18(25-27)20-8-4-10-31-20/h3-12,19H,13-15H2,1-2H3,(H,24,28). The van der Waals surface area contributed by atoms with Gasteiger partial charge in [0.15, 0.2) is 0 Å². The summed E-state index contributed by atoms with van der Waals surface area (Å²) >= 11 is 1.59. The molecule has 1 atom stereocenters. The molecule has 0 fully saturated rings. The van der Waals surface area contributed by atoms with Crippen LogP contribution in [-0.4, -0.2) is 54.7 Å². The Kier molecular flexibility index (Phi) is 6.67. The van der Waals surface area contributed by atoms with E-state index in [1.165, 1.54) is 5.01 Å². The van der Waals surface area contributed by atoms with Gasteiger partial charge in [-0.3, -0.25) is 14.5 Å². The van der Waals surface area contributed by atoms with Gasteiger partial charge >= 0.3 is 0 Å². The maximum Gasteiger partial charge on any atom is 0.257 e. The van der Waals surface area contributed by atoms with Crippen LogP contribution in [0.4, 0.5) is 5.69 Å². The van der Waals surface area contributed by atoms with Gasteiger partial charge in [0.2, 0.25) is 5.91 Å². The molecule has 1 aliphatic heterocycles. The van der Waals surface area contributed by atoms with Crippen molar-refractivity contribution in [2.45, 2.75) is 12.5 Å². The molecule has 4 rings (SSSR count). The molecule has 0 aliphatic carbocycles. The van der Waals surface area contributed by atoms with Crippen molar-refractivity contribution in [1.82, 2.24) is 9.91 Å². The summed E-state index contributed by atoms with van der Waals surface area (Å²) in [5.74, 6) is 0.921. The monoisotopic (exact) mass is 452 g/mol. The summed E-state index contributed by atoms with van der Waals surface area (Å²) in [5, 5.41) is 10.9. The predicted octanol–water partition coefficient (Wildman–Crippen LogP) is 3.60. The number of methoxy groups -OCH3 is 1. The van der Waals surface area contributed by atoms with E-state index in [0.29, 0.717) is 23.6 Å². The SMILES string of the molecule is COc1cccc(NC(=O)CN(C)CC(=O)N2N=C(c3ccco3)CC2c2cccs2)c1. The van der Waals surface area contributed by atoms with E-state index in [2.05, 4.69) is 10.4 Å². The number of furan rings is 1. The van der Waals surface area contributed by atoms with Gasteiger partial charge in [0.1, 0.15) is 17.2 Å². The number of carbonyl (C=O) groups is 2. The Morgan fingerprint density at radius 2 is 2.12 bits per heavy atom. The van der Waals surface area contributed by atoms with Crippen LogP contribution in [0.5, 0.6) is 5.75 Å². The Morgan fingerprint density at radius 1 is 1.25 bits per heavy atom. The third-order valence-corrected chi connectivity index (χ3v) is 5.99. The summed E-state index contributed by atoms with van der Waals surface area (Å²) in [6.07, 6.45) is 2.18. The summed E-state index contributed by atoms with van der Waals surface area (Å²) in [6.45, 7) is 0.123. The number of benzene rings is 1. The molecule has 2 aromatic heterocycles. The van der Waals surface area contributed by atoms with Gasteiger partial charge in [0, 0.05) is 23.1 Å². The molecule has 0 radical (unpaired) electrons. The molecule has 32 heavy (non-hydrogen) atoms. The number of nitrogens with zero attached hydrogens (tertiary/aromatic N) is 3. The third-order valence-electron chi connectivity index (χ3n) is 5.02. The van der Waals surface area contributed by atoms with Crippen molar-refractivity contribution in [2.75, 3.05) is 32.6 Å². The molecule has 1 aliphatic rings. The first-order valence-corrected chi connectivity index (χ1v) is 11.0. The topological polar surface area (TPSA) is 87.4 Å². The summed E-state index contributed by atoms with van der Waals surface area (Å²) in [7, 11) is 3.30. The van der Waals surface area contributed by atoms with Crippen molar-refractivity contribution < 1.29 is 18.7 Å². The smallest absolute Gasteiger partial charge is 0.257 e. The van der Waals surface area contributed by atoms with Gasteiger partial charge in [-0.1, -0.05) is 12.1 Å². The Labute approximate surface area is 190 Å². The first-order valence-electron chi connectivity index (χ1n) is 10.1. The quantitative estimate of drug-likeness (QED) is 0.564. The largest absolute Gasteiger partial charge is 0.497 e. The van der Waals surface area contributed by atoms with E-state index in [0.717, 1.165) is 10.6 Å². The van der Waals surface area contributed by atoms with Crippen LogP contribution in [0.3, 0.4) is 0 Å². The van der Waals surface area contributed by atoms with E-state index < -0.39 is 0 Å². The number of thiophene rings is 1. The molecule has 0 saturated carbocycles. The van der Waals surface area contributed by atoms with Crippen LogP contribution in [-0.2, 0) is 9.59 Å². The second-order valence-corrected chi connectivity index (χ2v) is 8.43. The van der Waals surface area contributed by atoms with E-state index in [9.17, 15) is 9.59 Å². The molecule has 1 unspecified atom stereocenters. The van der Waals surface area contributed by atoms with Crippen LogP contribution >= 0.6 is 11.3 Å². The number of amides is 2. The van der Waals surface area contributed by atoms with Gasteiger partial charge in [-0.25, -0.2) is 5.01 Å². The van der Waals surface area contributed by atoms with Crippen LogP contribution in [0.1, 0.15) is 23.1 Å². The minimum absolute atomic E-state index is 0.0579. The Balaban J connectivity index is 1.40. The Morgan fingerprint density at radius 3 is 2.84 bits per heavy atom. The highest BCUT2D eigenvalue weighted by molar-refractivity contribution is 7.10. The van der Waals surface area contributed by atoms with Gasteiger partial charge < -0.3 is 14.5 Å². The molecule has 1 N–H and O–H groups in total. The fourth-order valence-corrected chi connectivity index (χ4v) is 4.35. The number of rotatable bonds is 8. The van der Waals surface area contributed by atoms with Crippen LogP contribution in [0, 0.1) is 0 Å². The summed E-state index contributed by atoms with van der Waals surface area (Å²) in [6, 6.07) is 14.6. The molecule has 9 heteroatoms. The lowest BCUT2D eigenvalue weighted by Gasteiger charge is -2.23. The molecule has 1 aromatic carbocycles. The summed E-state index contributed by atoms with van der Waals surface area (Å²) < 4.78 is 10.7. The number of carbonyl (C=O) groups excluding carboxylic acids is 2. The zero-order valence-corrected chi connectivity index (χ0v) is 18.7. The molecule has 3 heterocycles. The molecule has 166 valence electrons. The maximum atomic E-state index is 13.1. The van der Waals surface area contributed by atoms with E-state index in [1.54, 1.807) is 67.0 Å². The van der Waals surface area contributed by atoms with E-state index in [4.69, 9.17) is 9.15 Å². The molecule has 8 nitrogen and oxygen atoms in total. The second-order valence-electron chi connectivity index (χ2n) is 7.45. The minimum Gasteiger partial charge on any atom is -0.497 e. The average Bonchev–Trinajstić information content (AvgIpc) is 3.54. The van der Waals surface area contributed by atoms with Crippen LogP contribution in [0.2, 0.25) is 0 Å². The number of nitrogens with one attached hydrogen (secondary N) is 1. The number of hydrazone groups is 1. The fraction of sp³-hybridized carbons (Fsp3) is 0.261. The lowest BCUT2D eigenvalue weighted by molar-refractivity contribution is -0.134. The molecular weight excluding hydrogens is 428 g/mol. The van der Waals surface area contributed by atoms with Gasteiger partial charge in [-0.2, -0.15) is 5.10 Å². The van der Waals surface area contributed by atoms with Crippen LogP contribution < -0.4 is 10.1 Å². The maximum absolute atomic E-state index is 13.1. The van der Waals surface area contributed by atoms with Crippen LogP contribution in [0.15, 0.2) is 69.7 Å². The first kappa shape index (κ1) is 21.8. The first-order chi connectivity index (χ1) is 15.5.